The quantitative estimate of drug-likeness (QED) is 0.849. The number of hydrogen-bond donors (Lipinski definition) is 1. The highest BCUT2D eigenvalue weighted by Crippen LogP contribution is 2.26. The minimum absolute atomic E-state index is 0.0789. The Labute approximate surface area is 119 Å². The second kappa shape index (κ2) is 5.54. The maximum absolute atomic E-state index is 12.6. The van der Waals surface area contributed by atoms with Crippen LogP contribution in [0.2, 0.25) is 0 Å². The number of amides is 1. The predicted molar refractivity (Wildman–Crippen MR) is 73.8 cm³/mol. The lowest BCUT2D eigenvalue weighted by molar-refractivity contribution is -0.137. The summed E-state index contributed by atoms with van der Waals surface area (Å²) < 4.78 is 1.82. The van der Waals surface area contributed by atoms with Crippen LogP contribution in [0.4, 0.5) is 0 Å². The summed E-state index contributed by atoms with van der Waals surface area (Å²) in [7, 11) is 2.08. The van der Waals surface area contributed by atoms with Crippen LogP contribution in [-0.4, -0.2) is 57.3 Å². The second-order valence-electron chi connectivity index (χ2n) is 5.86. The third-order valence-corrected chi connectivity index (χ3v) is 4.33. The molecule has 0 spiro atoms. The summed E-state index contributed by atoms with van der Waals surface area (Å²) in [6.45, 7) is 3.84. The molecule has 0 aromatic carbocycles. The molecule has 1 N–H and O–H groups in total. The number of aromatic nitrogens is 2. The Hall–Kier alpha value is -1.40. The molecule has 0 aliphatic carbocycles. The highest BCUT2D eigenvalue weighted by atomic mass is 16.3. The number of rotatable bonds is 3. The number of aliphatic hydroxyl groups excluding tert-OH is 1. The average molecular weight is 278 g/mol. The Morgan fingerprint density at radius 1 is 1.50 bits per heavy atom. The Kier molecular flexibility index (Phi) is 3.76. The molecule has 110 valence electrons. The maximum Gasteiger partial charge on any atom is 0.227 e. The number of nitrogens with zero attached hydrogens (tertiary/aromatic N) is 4. The molecule has 1 saturated heterocycles. The van der Waals surface area contributed by atoms with E-state index in [-0.39, 0.29) is 18.4 Å². The van der Waals surface area contributed by atoms with Gasteiger partial charge in [0.15, 0.2) is 0 Å². The second-order valence-corrected chi connectivity index (χ2v) is 5.86. The molecule has 3 heterocycles. The first kappa shape index (κ1) is 13.6. The lowest BCUT2D eigenvalue weighted by Gasteiger charge is -2.31. The summed E-state index contributed by atoms with van der Waals surface area (Å²) in [5.74, 6) is 0.403. The van der Waals surface area contributed by atoms with Crippen molar-refractivity contribution >= 4 is 5.91 Å². The number of likely N-dealkylation sites (tertiary alicyclic amines) is 1. The van der Waals surface area contributed by atoms with Crippen molar-refractivity contribution in [3.8, 4) is 0 Å². The molecule has 2 aliphatic rings. The molecule has 20 heavy (non-hydrogen) atoms. The van der Waals surface area contributed by atoms with Gasteiger partial charge < -0.3 is 14.9 Å². The van der Waals surface area contributed by atoms with E-state index in [9.17, 15) is 4.79 Å². The molecule has 3 rings (SSSR count). The van der Waals surface area contributed by atoms with E-state index >= 15 is 0 Å². The lowest BCUT2D eigenvalue weighted by Crippen LogP contribution is -2.41. The summed E-state index contributed by atoms with van der Waals surface area (Å²) >= 11 is 0. The van der Waals surface area contributed by atoms with Crippen LogP contribution >= 0.6 is 0 Å². The van der Waals surface area contributed by atoms with E-state index in [0.717, 1.165) is 37.2 Å². The standard InChI is InChI=1S/C14H22N4O2/c1-16-4-2-3-11(8-16)14(20)17-9-12-7-15-18(5-6-19)13(12)10-17/h7,11,19H,2-6,8-10H2,1H3. The number of hydrogen-bond acceptors (Lipinski definition) is 4. The van der Waals surface area contributed by atoms with Crippen LogP contribution in [0.25, 0.3) is 0 Å². The number of carbonyl (C=O) groups is 1. The summed E-state index contributed by atoms with van der Waals surface area (Å²) in [5.41, 5.74) is 2.20. The van der Waals surface area contributed by atoms with Crippen molar-refractivity contribution in [2.45, 2.75) is 32.5 Å². The largest absolute Gasteiger partial charge is 0.394 e. The molecule has 1 fully saturated rings. The maximum atomic E-state index is 12.6. The van der Waals surface area contributed by atoms with Gasteiger partial charge in [-0.1, -0.05) is 0 Å². The van der Waals surface area contributed by atoms with E-state index in [0.29, 0.717) is 19.6 Å². The van der Waals surface area contributed by atoms with Gasteiger partial charge in [-0.2, -0.15) is 5.10 Å². The molecule has 0 bridgehead atoms. The zero-order valence-electron chi connectivity index (χ0n) is 12.0. The van der Waals surface area contributed by atoms with Gasteiger partial charge in [-0.15, -0.1) is 0 Å². The molecular formula is C14H22N4O2. The van der Waals surface area contributed by atoms with E-state index in [1.807, 2.05) is 15.8 Å². The number of aliphatic hydroxyl groups is 1. The Morgan fingerprint density at radius 3 is 3.10 bits per heavy atom. The molecule has 1 amide bonds. The molecule has 1 unspecified atom stereocenters. The van der Waals surface area contributed by atoms with E-state index in [1.54, 1.807) is 0 Å². The average Bonchev–Trinajstić information content (AvgIpc) is 3.00. The van der Waals surface area contributed by atoms with Crippen LogP contribution in [0.5, 0.6) is 0 Å². The summed E-state index contributed by atoms with van der Waals surface area (Å²) in [5, 5.41) is 13.3. The monoisotopic (exact) mass is 278 g/mol. The molecule has 6 heteroatoms. The molecular weight excluding hydrogens is 256 g/mol. The van der Waals surface area contributed by atoms with Gasteiger partial charge in [0.1, 0.15) is 0 Å². The van der Waals surface area contributed by atoms with E-state index in [2.05, 4.69) is 17.0 Å². The number of fused-ring (bicyclic) bond motifs is 1. The van der Waals surface area contributed by atoms with Crippen molar-refractivity contribution in [2.24, 2.45) is 5.92 Å². The van der Waals surface area contributed by atoms with Gasteiger partial charge in [-0.25, -0.2) is 0 Å². The predicted octanol–water partition coefficient (Wildman–Crippen LogP) is 0.0594. The summed E-state index contributed by atoms with van der Waals surface area (Å²) in [4.78, 5) is 16.8. The van der Waals surface area contributed by atoms with Gasteiger partial charge in [-0.3, -0.25) is 9.48 Å². The fourth-order valence-electron chi connectivity index (χ4n) is 3.28. The van der Waals surface area contributed by atoms with E-state index in [4.69, 9.17) is 5.11 Å². The third kappa shape index (κ3) is 2.45. The molecule has 1 aromatic rings. The van der Waals surface area contributed by atoms with Gasteiger partial charge in [-0.05, 0) is 26.4 Å². The normalized spacial score (nSPS) is 23.1. The Morgan fingerprint density at radius 2 is 2.35 bits per heavy atom. The molecule has 6 nitrogen and oxygen atoms in total. The Balaban J connectivity index is 1.67. The number of carbonyl (C=O) groups excluding carboxylic acids is 1. The molecule has 2 aliphatic heterocycles. The van der Waals surface area contributed by atoms with Crippen molar-refractivity contribution in [3.63, 3.8) is 0 Å². The Bertz CT molecular complexity index is 499. The van der Waals surface area contributed by atoms with Crippen molar-refractivity contribution < 1.29 is 9.90 Å². The van der Waals surface area contributed by atoms with Gasteiger partial charge in [0, 0.05) is 18.7 Å². The summed E-state index contributed by atoms with van der Waals surface area (Å²) in [6.07, 6.45) is 3.93. The fraction of sp³-hybridized carbons (Fsp3) is 0.714. The van der Waals surface area contributed by atoms with Gasteiger partial charge in [0.05, 0.1) is 37.5 Å². The number of piperidine rings is 1. The van der Waals surface area contributed by atoms with Gasteiger partial charge in [0.2, 0.25) is 5.91 Å². The van der Waals surface area contributed by atoms with E-state index in [1.165, 1.54) is 0 Å². The third-order valence-electron chi connectivity index (χ3n) is 4.33. The summed E-state index contributed by atoms with van der Waals surface area (Å²) in [6, 6.07) is 0. The van der Waals surface area contributed by atoms with Gasteiger partial charge in [0.25, 0.3) is 0 Å². The van der Waals surface area contributed by atoms with Crippen molar-refractivity contribution in [2.75, 3.05) is 26.7 Å². The van der Waals surface area contributed by atoms with Crippen LogP contribution in [0.3, 0.4) is 0 Å². The van der Waals surface area contributed by atoms with Crippen LogP contribution in [0.15, 0.2) is 6.20 Å². The SMILES string of the molecule is CN1CCCC(C(=O)N2Cc3cnn(CCO)c3C2)C1. The minimum Gasteiger partial charge on any atom is -0.394 e. The highest BCUT2D eigenvalue weighted by molar-refractivity contribution is 5.79. The van der Waals surface area contributed by atoms with Crippen LogP contribution in [0, 0.1) is 5.92 Å². The highest BCUT2D eigenvalue weighted by Gasteiger charge is 2.32. The first-order chi connectivity index (χ1) is 9.69. The van der Waals surface area contributed by atoms with Crippen molar-refractivity contribution in [3.05, 3.63) is 17.5 Å². The van der Waals surface area contributed by atoms with E-state index < -0.39 is 0 Å². The zero-order valence-corrected chi connectivity index (χ0v) is 12.0. The van der Waals surface area contributed by atoms with Crippen LogP contribution in [-0.2, 0) is 24.4 Å². The molecule has 1 aromatic heterocycles. The van der Waals surface area contributed by atoms with Crippen molar-refractivity contribution in [1.82, 2.24) is 19.6 Å². The molecule has 1 atom stereocenters. The molecule has 0 saturated carbocycles. The van der Waals surface area contributed by atoms with Gasteiger partial charge >= 0.3 is 0 Å². The smallest absolute Gasteiger partial charge is 0.227 e. The van der Waals surface area contributed by atoms with Crippen molar-refractivity contribution in [1.29, 1.82) is 0 Å². The van der Waals surface area contributed by atoms with Crippen LogP contribution < -0.4 is 0 Å². The minimum atomic E-state index is 0.0789. The molecule has 0 radical (unpaired) electrons. The van der Waals surface area contributed by atoms with Crippen LogP contribution in [0.1, 0.15) is 24.1 Å². The first-order valence-electron chi connectivity index (χ1n) is 7.31. The fourth-order valence-corrected chi connectivity index (χ4v) is 3.28. The lowest BCUT2D eigenvalue weighted by atomic mass is 9.97. The topological polar surface area (TPSA) is 61.6 Å². The zero-order chi connectivity index (χ0) is 14.1. The first-order valence-corrected chi connectivity index (χ1v) is 7.31.